The molecule has 0 aliphatic heterocycles. The molecule has 0 saturated carbocycles. The van der Waals surface area contributed by atoms with E-state index in [4.69, 9.17) is 0 Å². The summed E-state index contributed by atoms with van der Waals surface area (Å²) in [5.74, 6) is 0.559. The number of carbonyl (C=O) groups is 1. The van der Waals surface area contributed by atoms with Gasteiger partial charge in [-0.3, -0.25) is 4.79 Å². The maximum Gasteiger partial charge on any atom is 0.202 e. The van der Waals surface area contributed by atoms with E-state index in [0.717, 1.165) is 5.56 Å². The number of aryl methyl sites for hydroxylation is 1. The molecule has 19 heavy (non-hydrogen) atoms. The number of aromatic nitrogens is 1. The third-order valence-electron chi connectivity index (χ3n) is 3.23. The Bertz CT molecular complexity index is 588. The maximum atomic E-state index is 12.0. The molecule has 2 rings (SSSR count). The fraction of sp³-hybridized carbons (Fsp3) is 0.235. The van der Waals surface area contributed by atoms with Gasteiger partial charge in [0.25, 0.3) is 0 Å². The van der Waals surface area contributed by atoms with Gasteiger partial charge in [-0.25, -0.2) is 0 Å². The van der Waals surface area contributed by atoms with Crippen molar-refractivity contribution in [2.24, 2.45) is 7.05 Å². The molecule has 0 radical (unpaired) electrons. The van der Waals surface area contributed by atoms with Gasteiger partial charge >= 0.3 is 0 Å². The first-order valence-electron chi connectivity index (χ1n) is 6.51. The average Bonchev–Trinajstić information content (AvgIpc) is 2.83. The number of allylic oxidation sites excluding steroid dienone is 1. The summed E-state index contributed by atoms with van der Waals surface area (Å²) in [5.41, 5.74) is 3.06. The van der Waals surface area contributed by atoms with Gasteiger partial charge in [-0.1, -0.05) is 44.2 Å². The van der Waals surface area contributed by atoms with E-state index >= 15 is 0 Å². The molecule has 1 aromatic carbocycles. The van der Waals surface area contributed by atoms with Crippen molar-refractivity contribution in [3.8, 4) is 0 Å². The Balaban J connectivity index is 2.10. The molecule has 0 fully saturated rings. The van der Waals surface area contributed by atoms with Crippen molar-refractivity contribution in [3.05, 3.63) is 65.5 Å². The van der Waals surface area contributed by atoms with Crippen molar-refractivity contribution in [3.63, 3.8) is 0 Å². The Morgan fingerprint density at radius 3 is 2.37 bits per heavy atom. The van der Waals surface area contributed by atoms with E-state index in [0.29, 0.717) is 11.6 Å². The minimum atomic E-state index is 0.0282. The van der Waals surface area contributed by atoms with E-state index in [2.05, 4.69) is 26.0 Å². The monoisotopic (exact) mass is 253 g/mol. The van der Waals surface area contributed by atoms with Crippen molar-refractivity contribution < 1.29 is 4.79 Å². The van der Waals surface area contributed by atoms with Gasteiger partial charge in [0.1, 0.15) is 0 Å². The summed E-state index contributed by atoms with van der Waals surface area (Å²) in [5, 5.41) is 0. The zero-order valence-electron chi connectivity index (χ0n) is 11.6. The minimum absolute atomic E-state index is 0.0282. The maximum absolute atomic E-state index is 12.0. The Morgan fingerprint density at radius 1 is 1.16 bits per heavy atom. The molecule has 98 valence electrons. The summed E-state index contributed by atoms with van der Waals surface area (Å²) in [6.07, 6.45) is 5.36. The highest BCUT2D eigenvalue weighted by Gasteiger charge is 2.04. The predicted molar refractivity (Wildman–Crippen MR) is 79.3 cm³/mol. The van der Waals surface area contributed by atoms with Crippen LogP contribution in [0.15, 0.2) is 48.7 Å². The predicted octanol–water partition coefficient (Wildman–Crippen LogP) is 4.04. The van der Waals surface area contributed by atoms with Gasteiger partial charge in [0.2, 0.25) is 5.78 Å². The molecule has 2 nitrogen and oxygen atoms in total. The van der Waals surface area contributed by atoms with Crippen molar-refractivity contribution in [1.82, 2.24) is 4.57 Å². The zero-order chi connectivity index (χ0) is 13.8. The lowest BCUT2D eigenvalue weighted by Crippen LogP contribution is -2.01. The Kier molecular flexibility index (Phi) is 4.00. The molecule has 2 aromatic rings. The van der Waals surface area contributed by atoms with Crippen molar-refractivity contribution >= 4 is 11.9 Å². The van der Waals surface area contributed by atoms with Gasteiger partial charge in [0.15, 0.2) is 0 Å². The lowest BCUT2D eigenvalue weighted by Gasteiger charge is -2.04. The van der Waals surface area contributed by atoms with Gasteiger partial charge in [-0.2, -0.15) is 0 Å². The van der Waals surface area contributed by atoms with Crippen LogP contribution in [0.3, 0.4) is 0 Å². The first-order chi connectivity index (χ1) is 9.08. The minimum Gasteiger partial charge on any atom is -0.348 e. The summed E-state index contributed by atoms with van der Waals surface area (Å²) in [7, 11) is 1.87. The summed E-state index contributed by atoms with van der Waals surface area (Å²) in [4.78, 5) is 12.0. The quantitative estimate of drug-likeness (QED) is 0.595. The topological polar surface area (TPSA) is 22.0 Å². The highest BCUT2D eigenvalue weighted by molar-refractivity contribution is 6.05. The van der Waals surface area contributed by atoms with E-state index in [1.165, 1.54) is 5.56 Å². The van der Waals surface area contributed by atoms with E-state index in [1.54, 1.807) is 6.08 Å². The first kappa shape index (κ1) is 13.3. The van der Waals surface area contributed by atoms with Crippen LogP contribution >= 0.6 is 0 Å². The van der Waals surface area contributed by atoms with Gasteiger partial charge < -0.3 is 4.57 Å². The number of benzene rings is 1. The van der Waals surface area contributed by atoms with E-state index < -0.39 is 0 Å². The summed E-state index contributed by atoms with van der Waals surface area (Å²) >= 11 is 0. The van der Waals surface area contributed by atoms with Crippen LogP contribution < -0.4 is 0 Å². The second-order valence-corrected chi connectivity index (χ2v) is 5.02. The highest BCUT2D eigenvalue weighted by atomic mass is 16.1. The van der Waals surface area contributed by atoms with Crippen LogP contribution in [0.2, 0.25) is 0 Å². The van der Waals surface area contributed by atoms with Gasteiger partial charge in [0, 0.05) is 13.2 Å². The third-order valence-corrected chi connectivity index (χ3v) is 3.23. The van der Waals surface area contributed by atoms with Gasteiger partial charge in [0.05, 0.1) is 5.69 Å². The van der Waals surface area contributed by atoms with Crippen molar-refractivity contribution in [2.75, 3.05) is 0 Å². The van der Waals surface area contributed by atoms with Crippen LogP contribution in [0.25, 0.3) is 6.08 Å². The molecule has 1 aromatic heterocycles. The second kappa shape index (κ2) is 5.70. The molecule has 0 amide bonds. The lowest BCUT2D eigenvalue weighted by molar-refractivity contribution is 0.104. The number of carbonyl (C=O) groups excluding carboxylic acids is 1. The third kappa shape index (κ3) is 3.22. The first-order valence-corrected chi connectivity index (χ1v) is 6.51. The highest BCUT2D eigenvalue weighted by Crippen LogP contribution is 2.15. The van der Waals surface area contributed by atoms with E-state index in [1.807, 2.05) is 48.2 Å². The number of ketones is 1. The van der Waals surface area contributed by atoms with Gasteiger partial charge in [-0.15, -0.1) is 0 Å². The molecule has 0 saturated heterocycles. The van der Waals surface area contributed by atoms with Crippen LogP contribution in [-0.2, 0) is 7.05 Å². The fourth-order valence-electron chi connectivity index (χ4n) is 1.97. The Hall–Kier alpha value is -2.09. The second-order valence-electron chi connectivity index (χ2n) is 5.02. The molecular weight excluding hydrogens is 234 g/mol. The summed E-state index contributed by atoms with van der Waals surface area (Å²) in [6.45, 7) is 4.34. The van der Waals surface area contributed by atoms with E-state index in [-0.39, 0.29) is 5.78 Å². The number of nitrogens with zero attached hydrogens (tertiary/aromatic N) is 1. The molecular formula is C17H19NO. The van der Waals surface area contributed by atoms with Crippen LogP contribution in [0.1, 0.15) is 41.4 Å². The van der Waals surface area contributed by atoms with Crippen LogP contribution in [0.5, 0.6) is 0 Å². The molecule has 2 heteroatoms. The van der Waals surface area contributed by atoms with E-state index in [9.17, 15) is 4.79 Å². The largest absolute Gasteiger partial charge is 0.348 e. The molecule has 0 spiro atoms. The summed E-state index contributed by atoms with van der Waals surface area (Å²) < 4.78 is 1.83. The lowest BCUT2D eigenvalue weighted by atomic mass is 10.0. The Morgan fingerprint density at radius 2 is 1.84 bits per heavy atom. The molecule has 1 heterocycles. The van der Waals surface area contributed by atoms with Crippen LogP contribution in [0.4, 0.5) is 0 Å². The normalized spacial score (nSPS) is 11.4. The Labute approximate surface area is 114 Å². The molecule has 0 aliphatic rings. The molecule has 0 bridgehead atoms. The van der Waals surface area contributed by atoms with Crippen molar-refractivity contribution in [2.45, 2.75) is 19.8 Å². The SMILES string of the molecule is CC(C)c1ccc(/C=C/C(=O)c2cccn2C)cc1. The fourth-order valence-corrected chi connectivity index (χ4v) is 1.97. The molecule has 0 unspecified atom stereocenters. The number of hydrogen-bond donors (Lipinski definition) is 0. The molecule has 0 atom stereocenters. The molecule has 0 aliphatic carbocycles. The molecule has 0 N–H and O–H groups in total. The van der Waals surface area contributed by atoms with Crippen LogP contribution in [-0.4, -0.2) is 10.4 Å². The zero-order valence-corrected chi connectivity index (χ0v) is 11.6. The standard InChI is InChI=1S/C17H19NO/c1-13(2)15-9-6-14(7-10-15)8-11-17(19)16-5-4-12-18(16)3/h4-13H,1-3H3/b11-8+. The van der Waals surface area contributed by atoms with Gasteiger partial charge in [-0.05, 0) is 35.3 Å². The summed E-state index contributed by atoms with van der Waals surface area (Å²) in [6, 6.07) is 12.0. The number of hydrogen-bond acceptors (Lipinski definition) is 1. The van der Waals surface area contributed by atoms with Crippen molar-refractivity contribution in [1.29, 1.82) is 0 Å². The van der Waals surface area contributed by atoms with Crippen LogP contribution in [0, 0.1) is 0 Å². The average molecular weight is 253 g/mol. The smallest absolute Gasteiger partial charge is 0.202 e. The number of rotatable bonds is 4.